The molecule has 1 heterocycles. The number of hydrogen-bond donors (Lipinski definition) is 1. The van der Waals surface area contributed by atoms with E-state index in [0.717, 1.165) is 29.3 Å². The monoisotopic (exact) mass is 276 g/mol. The molecule has 0 radical (unpaired) electrons. The number of carboxylic acid groups (broad SMARTS) is 1. The molecule has 1 aromatic rings. The lowest BCUT2D eigenvalue weighted by Crippen LogP contribution is -2.44. The van der Waals surface area contributed by atoms with Crippen LogP contribution in [0, 0.1) is 18.3 Å². The Hall–Kier alpha value is -1.67. The maximum absolute atomic E-state index is 11.0. The molecule has 1 fully saturated rings. The summed E-state index contributed by atoms with van der Waals surface area (Å²) in [6, 6.07) is 7.80. The molecule has 2 rings (SSSR count). The average molecular weight is 276 g/mol. The lowest BCUT2D eigenvalue weighted by atomic mass is 10.0. The Morgan fingerprint density at radius 2 is 2.42 bits per heavy atom. The molecule has 0 amide bonds. The van der Waals surface area contributed by atoms with Crippen molar-refractivity contribution in [1.82, 2.24) is 0 Å². The summed E-state index contributed by atoms with van der Waals surface area (Å²) in [7, 11) is 0. The number of carbonyl (C=O) groups is 1. The maximum Gasteiger partial charge on any atom is 0.305 e. The minimum absolute atomic E-state index is 0.0375. The Kier molecular flexibility index (Phi) is 4.33. The molecular weight excluding hydrogens is 260 g/mol. The van der Waals surface area contributed by atoms with Gasteiger partial charge in [-0.15, -0.1) is 0 Å². The summed E-state index contributed by atoms with van der Waals surface area (Å²) in [4.78, 5) is 13.1. The van der Waals surface area contributed by atoms with Crippen molar-refractivity contribution in [3.63, 3.8) is 0 Å². The van der Waals surface area contributed by atoms with E-state index in [1.807, 2.05) is 19.1 Å². The van der Waals surface area contributed by atoms with Crippen LogP contribution in [-0.4, -0.2) is 35.2 Å². The van der Waals surface area contributed by atoms with Crippen LogP contribution < -0.4 is 4.90 Å². The van der Waals surface area contributed by atoms with Crippen LogP contribution in [0.25, 0.3) is 0 Å². The highest BCUT2D eigenvalue weighted by Gasteiger charge is 2.27. The van der Waals surface area contributed by atoms with E-state index in [0.29, 0.717) is 5.56 Å². The van der Waals surface area contributed by atoms with E-state index >= 15 is 0 Å². The molecule has 0 aromatic heterocycles. The quantitative estimate of drug-likeness (QED) is 0.917. The van der Waals surface area contributed by atoms with Gasteiger partial charge in [-0.05, 0) is 18.6 Å². The van der Waals surface area contributed by atoms with E-state index in [9.17, 15) is 10.1 Å². The molecule has 5 heteroatoms. The van der Waals surface area contributed by atoms with Gasteiger partial charge in [0.2, 0.25) is 0 Å². The van der Waals surface area contributed by atoms with Crippen LogP contribution in [0.1, 0.15) is 17.5 Å². The molecule has 0 saturated carbocycles. The van der Waals surface area contributed by atoms with Gasteiger partial charge in [-0.3, -0.25) is 4.79 Å². The van der Waals surface area contributed by atoms with Crippen molar-refractivity contribution in [1.29, 1.82) is 5.26 Å². The summed E-state index contributed by atoms with van der Waals surface area (Å²) >= 11 is 1.77. The number of nitriles is 1. The Balaban J connectivity index is 2.37. The van der Waals surface area contributed by atoms with Crippen molar-refractivity contribution >= 4 is 23.4 Å². The molecule has 19 heavy (non-hydrogen) atoms. The lowest BCUT2D eigenvalue weighted by molar-refractivity contribution is -0.137. The van der Waals surface area contributed by atoms with Crippen molar-refractivity contribution in [3.8, 4) is 6.07 Å². The summed E-state index contributed by atoms with van der Waals surface area (Å²) in [5, 5.41) is 18.3. The third-order valence-corrected chi connectivity index (χ3v) is 4.37. The van der Waals surface area contributed by atoms with E-state index in [-0.39, 0.29) is 12.5 Å². The molecule has 4 nitrogen and oxygen atoms in total. The van der Waals surface area contributed by atoms with E-state index in [1.165, 1.54) is 0 Å². The number of anilines is 1. The molecule has 1 N–H and O–H groups in total. The van der Waals surface area contributed by atoms with Gasteiger partial charge in [-0.25, -0.2) is 0 Å². The first kappa shape index (κ1) is 13.8. The highest BCUT2D eigenvalue weighted by molar-refractivity contribution is 7.99. The molecule has 0 aliphatic carbocycles. The fourth-order valence-electron chi connectivity index (χ4n) is 2.45. The van der Waals surface area contributed by atoms with E-state index in [1.54, 1.807) is 17.8 Å². The molecule has 1 aliphatic rings. The zero-order chi connectivity index (χ0) is 13.8. The number of aryl methyl sites for hydroxylation is 1. The Bertz CT molecular complexity index is 525. The van der Waals surface area contributed by atoms with Gasteiger partial charge in [-0.2, -0.15) is 17.0 Å². The van der Waals surface area contributed by atoms with E-state index < -0.39 is 5.97 Å². The Morgan fingerprint density at radius 1 is 1.63 bits per heavy atom. The lowest BCUT2D eigenvalue weighted by Gasteiger charge is -2.37. The van der Waals surface area contributed by atoms with Crippen LogP contribution in [0.3, 0.4) is 0 Å². The van der Waals surface area contributed by atoms with Crippen molar-refractivity contribution in [2.45, 2.75) is 19.4 Å². The highest BCUT2D eigenvalue weighted by Crippen LogP contribution is 2.31. The zero-order valence-electron chi connectivity index (χ0n) is 10.8. The molecule has 0 bridgehead atoms. The summed E-state index contributed by atoms with van der Waals surface area (Å²) in [5.74, 6) is 0.977. The SMILES string of the molecule is Cc1cccc(C#N)c1N1CCSCC1CC(=O)O. The summed E-state index contributed by atoms with van der Waals surface area (Å²) in [6.07, 6.45) is 0.117. The van der Waals surface area contributed by atoms with Crippen molar-refractivity contribution in [2.75, 3.05) is 23.0 Å². The topological polar surface area (TPSA) is 64.3 Å². The molecule has 1 atom stereocenters. The van der Waals surface area contributed by atoms with Crippen LogP contribution in [0.2, 0.25) is 0 Å². The summed E-state index contributed by atoms with van der Waals surface area (Å²) in [6.45, 7) is 2.76. The van der Waals surface area contributed by atoms with Gasteiger partial charge < -0.3 is 10.0 Å². The van der Waals surface area contributed by atoms with Crippen molar-refractivity contribution < 1.29 is 9.90 Å². The standard InChI is InChI=1S/C14H16N2O2S/c1-10-3-2-4-11(8-15)14(10)16-5-6-19-9-12(16)7-13(17)18/h2-4,12H,5-7,9H2,1H3,(H,17,18). The second-order valence-corrected chi connectivity index (χ2v) is 5.75. The normalized spacial score (nSPS) is 18.9. The second-order valence-electron chi connectivity index (χ2n) is 4.60. The number of benzene rings is 1. The molecule has 0 spiro atoms. The van der Waals surface area contributed by atoms with Crippen LogP contribution >= 0.6 is 11.8 Å². The molecule has 1 saturated heterocycles. The van der Waals surface area contributed by atoms with Crippen LogP contribution in [0.5, 0.6) is 0 Å². The molecular formula is C14H16N2O2S. The largest absolute Gasteiger partial charge is 0.481 e. The van der Waals surface area contributed by atoms with Gasteiger partial charge in [0.05, 0.1) is 17.7 Å². The van der Waals surface area contributed by atoms with Gasteiger partial charge in [-0.1, -0.05) is 12.1 Å². The highest BCUT2D eigenvalue weighted by atomic mass is 32.2. The number of carboxylic acids is 1. The smallest absolute Gasteiger partial charge is 0.305 e. The number of para-hydroxylation sites is 1. The van der Waals surface area contributed by atoms with Crippen LogP contribution in [0.4, 0.5) is 5.69 Å². The first-order chi connectivity index (χ1) is 9.13. The second kappa shape index (κ2) is 5.98. The summed E-state index contributed by atoms with van der Waals surface area (Å²) in [5.41, 5.74) is 2.56. The number of hydrogen-bond acceptors (Lipinski definition) is 4. The van der Waals surface area contributed by atoms with Crippen molar-refractivity contribution in [2.24, 2.45) is 0 Å². The Labute approximate surface area is 117 Å². The van der Waals surface area contributed by atoms with Gasteiger partial charge in [0, 0.05) is 24.1 Å². The maximum atomic E-state index is 11.0. The summed E-state index contributed by atoms with van der Waals surface area (Å²) < 4.78 is 0. The first-order valence-electron chi connectivity index (χ1n) is 6.19. The third kappa shape index (κ3) is 3.02. The van der Waals surface area contributed by atoms with E-state index in [2.05, 4.69) is 11.0 Å². The van der Waals surface area contributed by atoms with Crippen LogP contribution in [0.15, 0.2) is 18.2 Å². The number of rotatable bonds is 3. The van der Waals surface area contributed by atoms with Gasteiger partial charge >= 0.3 is 5.97 Å². The minimum Gasteiger partial charge on any atom is -0.481 e. The third-order valence-electron chi connectivity index (χ3n) is 3.28. The number of thioether (sulfide) groups is 1. The average Bonchev–Trinajstić information content (AvgIpc) is 2.39. The Morgan fingerprint density at radius 3 is 3.11 bits per heavy atom. The van der Waals surface area contributed by atoms with Crippen molar-refractivity contribution in [3.05, 3.63) is 29.3 Å². The minimum atomic E-state index is -0.787. The predicted octanol–water partition coefficient (Wildman–Crippen LogP) is 2.26. The zero-order valence-corrected chi connectivity index (χ0v) is 11.6. The van der Waals surface area contributed by atoms with Crippen LogP contribution in [-0.2, 0) is 4.79 Å². The van der Waals surface area contributed by atoms with Gasteiger partial charge in [0.25, 0.3) is 0 Å². The fourth-order valence-corrected chi connectivity index (χ4v) is 3.51. The van der Waals surface area contributed by atoms with E-state index in [4.69, 9.17) is 5.11 Å². The first-order valence-corrected chi connectivity index (χ1v) is 7.35. The molecule has 100 valence electrons. The van der Waals surface area contributed by atoms with Gasteiger partial charge in [0.15, 0.2) is 0 Å². The fraction of sp³-hybridized carbons (Fsp3) is 0.429. The van der Waals surface area contributed by atoms with Gasteiger partial charge in [0.1, 0.15) is 6.07 Å². The predicted molar refractivity (Wildman–Crippen MR) is 76.6 cm³/mol. The number of aliphatic carboxylic acids is 1. The number of nitrogens with zero attached hydrogens (tertiary/aromatic N) is 2. The molecule has 1 aliphatic heterocycles. The molecule has 1 aromatic carbocycles. The molecule has 1 unspecified atom stereocenters.